The van der Waals surface area contributed by atoms with Crippen LogP contribution in [0.4, 0.5) is 0 Å². The molecule has 0 bridgehead atoms. The number of hydrogen-bond acceptors (Lipinski definition) is 4. The van der Waals surface area contributed by atoms with Crippen LogP contribution in [0.3, 0.4) is 0 Å². The molecule has 0 saturated heterocycles. The smallest absolute Gasteiger partial charge is 0.258 e. The molecule has 23 heavy (non-hydrogen) atoms. The number of aryl methyl sites for hydroxylation is 1. The Bertz CT molecular complexity index is 874. The third kappa shape index (κ3) is 3.79. The van der Waals surface area contributed by atoms with Gasteiger partial charge in [0, 0.05) is 31.8 Å². The number of pyridine rings is 1. The lowest BCUT2D eigenvalue weighted by Gasteiger charge is -2.05. The zero-order chi connectivity index (χ0) is 16.1. The summed E-state index contributed by atoms with van der Waals surface area (Å²) < 4.78 is 0. The van der Waals surface area contributed by atoms with Crippen LogP contribution >= 0.6 is 0 Å². The maximum Gasteiger partial charge on any atom is 0.258 e. The van der Waals surface area contributed by atoms with Gasteiger partial charge in [0.05, 0.1) is 10.9 Å². The van der Waals surface area contributed by atoms with Crippen molar-refractivity contribution in [1.29, 1.82) is 0 Å². The van der Waals surface area contributed by atoms with E-state index in [1.807, 2.05) is 18.2 Å². The van der Waals surface area contributed by atoms with E-state index >= 15 is 0 Å². The van der Waals surface area contributed by atoms with E-state index in [0.29, 0.717) is 29.7 Å². The van der Waals surface area contributed by atoms with Gasteiger partial charge in [-0.3, -0.25) is 14.6 Å². The number of fused-ring (bicyclic) bond motifs is 1. The number of amides is 1. The molecule has 0 fully saturated rings. The second-order valence-corrected chi connectivity index (χ2v) is 5.16. The Morgan fingerprint density at radius 2 is 1.91 bits per heavy atom. The van der Waals surface area contributed by atoms with Gasteiger partial charge in [-0.25, -0.2) is 4.98 Å². The highest BCUT2D eigenvalue weighted by Gasteiger charge is 2.06. The molecule has 6 nitrogen and oxygen atoms in total. The summed E-state index contributed by atoms with van der Waals surface area (Å²) in [6, 6.07) is 10.8. The predicted molar refractivity (Wildman–Crippen MR) is 86.8 cm³/mol. The molecule has 3 aromatic rings. The second kappa shape index (κ2) is 6.83. The molecule has 3 rings (SSSR count). The fraction of sp³-hybridized carbons (Fsp3) is 0.176. The zero-order valence-electron chi connectivity index (χ0n) is 12.5. The number of aromatic nitrogens is 3. The van der Waals surface area contributed by atoms with Crippen molar-refractivity contribution in [3.63, 3.8) is 0 Å². The average Bonchev–Trinajstić information content (AvgIpc) is 2.59. The van der Waals surface area contributed by atoms with E-state index in [-0.39, 0.29) is 17.9 Å². The lowest BCUT2D eigenvalue weighted by Crippen LogP contribution is -2.23. The highest BCUT2D eigenvalue weighted by molar-refractivity contribution is 5.78. The van der Waals surface area contributed by atoms with E-state index in [2.05, 4.69) is 20.3 Å². The molecule has 1 amide bonds. The molecule has 0 aliphatic carbocycles. The number of nitrogens with one attached hydrogen (secondary N) is 2. The number of hydrogen-bond donors (Lipinski definition) is 2. The second-order valence-electron chi connectivity index (χ2n) is 5.16. The van der Waals surface area contributed by atoms with E-state index in [1.54, 1.807) is 30.6 Å². The van der Waals surface area contributed by atoms with Crippen LogP contribution in [0.15, 0.2) is 53.6 Å². The Labute approximate surface area is 132 Å². The van der Waals surface area contributed by atoms with Gasteiger partial charge in [-0.2, -0.15) is 0 Å². The monoisotopic (exact) mass is 308 g/mol. The zero-order valence-corrected chi connectivity index (χ0v) is 12.5. The molecular formula is C17H16N4O2. The third-order valence-corrected chi connectivity index (χ3v) is 3.49. The Morgan fingerprint density at radius 3 is 2.74 bits per heavy atom. The van der Waals surface area contributed by atoms with Gasteiger partial charge in [0.1, 0.15) is 5.82 Å². The Morgan fingerprint density at radius 1 is 1.13 bits per heavy atom. The van der Waals surface area contributed by atoms with E-state index in [0.717, 1.165) is 5.56 Å². The van der Waals surface area contributed by atoms with Crippen LogP contribution < -0.4 is 10.9 Å². The lowest BCUT2D eigenvalue weighted by molar-refractivity contribution is -0.121. The highest BCUT2D eigenvalue weighted by Crippen LogP contribution is 2.06. The largest absolute Gasteiger partial charge is 0.352 e. The molecule has 0 aliphatic heterocycles. The summed E-state index contributed by atoms with van der Waals surface area (Å²) in [6.07, 6.45) is 4.03. The Kier molecular flexibility index (Phi) is 4.42. The number of nitrogens with zero attached hydrogens (tertiary/aromatic N) is 2. The molecule has 2 N–H and O–H groups in total. The Hall–Kier alpha value is -3.02. The van der Waals surface area contributed by atoms with Crippen molar-refractivity contribution >= 4 is 16.8 Å². The standard InChI is InChI=1S/C17H16N4O2/c22-16(19-11-12-7-9-18-10-8-12)6-5-15-20-14-4-2-1-3-13(14)17(23)21-15/h1-4,7-10H,5-6,11H2,(H,19,22)(H,20,21,23). The van der Waals surface area contributed by atoms with Gasteiger partial charge >= 0.3 is 0 Å². The highest BCUT2D eigenvalue weighted by atomic mass is 16.1. The Balaban J connectivity index is 1.60. The number of carbonyl (C=O) groups excluding carboxylic acids is 1. The normalized spacial score (nSPS) is 10.6. The van der Waals surface area contributed by atoms with Crippen molar-refractivity contribution < 1.29 is 4.79 Å². The van der Waals surface area contributed by atoms with Gasteiger partial charge in [-0.05, 0) is 29.8 Å². The molecule has 2 heterocycles. The molecule has 0 saturated carbocycles. The molecule has 116 valence electrons. The van der Waals surface area contributed by atoms with Crippen molar-refractivity contribution in [2.45, 2.75) is 19.4 Å². The number of para-hydroxylation sites is 1. The maximum absolute atomic E-state index is 12.0. The SMILES string of the molecule is O=C(CCc1nc2ccccc2c(=O)[nH]1)NCc1ccncc1. The van der Waals surface area contributed by atoms with Crippen LogP contribution in [0.25, 0.3) is 10.9 Å². The number of aromatic amines is 1. The van der Waals surface area contributed by atoms with E-state index < -0.39 is 0 Å². The fourth-order valence-electron chi connectivity index (χ4n) is 2.27. The van der Waals surface area contributed by atoms with E-state index in [4.69, 9.17) is 0 Å². The fourth-order valence-corrected chi connectivity index (χ4v) is 2.27. The van der Waals surface area contributed by atoms with Crippen LogP contribution in [-0.4, -0.2) is 20.9 Å². The molecule has 0 radical (unpaired) electrons. The number of H-pyrrole nitrogens is 1. The number of benzene rings is 1. The minimum Gasteiger partial charge on any atom is -0.352 e. The molecule has 0 spiro atoms. The predicted octanol–water partition coefficient (Wildman–Crippen LogP) is 1.57. The van der Waals surface area contributed by atoms with Crippen molar-refractivity contribution in [1.82, 2.24) is 20.3 Å². The van der Waals surface area contributed by atoms with Crippen LogP contribution in [0.5, 0.6) is 0 Å². The van der Waals surface area contributed by atoms with Crippen molar-refractivity contribution in [3.8, 4) is 0 Å². The number of rotatable bonds is 5. The minimum atomic E-state index is -0.178. The summed E-state index contributed by atoms with van der Waals surface area (Å²) in [5.41, 5.74) is 1.46. The summed E-state index contributed by atoms with van der Waals surface area (Å²) in [5.74, 6) is 0.436. The molecule has 6 heteroatoms. The van der Waals surface area contributed by atoms with E-state index in [9.17, 15) is 9.59 Å². The van der Waals surface area contributed by atoms with Crippen molar-refractivity contribution in [2.75, 3.05) is 0 Å². The summed E-state index contributed by atoms with van der Waals surface area (Å²) in [7, 11) is 0. The first kappa shape index (κ1) is 14.9. The molecule has 2 aromatic heterocycles. The molecule has 1 aromatic carbocycles. The van der Waals surface area contributed by atoms with Gasteiger partial charge in [0.25, 0.3) is 5.56 Å². The first-order chi connectivity index (χ1) is 11.2. The van der Waals surface area contributed by atoms with Gasteiger partial charge in [0.15, 0.2) is 0 Å². The third-order valence-electron chi connectivity index (χ3n) is 3.49. The van der Waals surface area contributed by atoms with Crippen LogP contribution in [-0.2, 0) is 17.8 Å². The summed E-state index contributed by atoms with van der Waals surface area (Å²) >= 11 is 0. The molecular weight excluding hydrogens is 292 g/mol. The van der Waals surface area contributed by atoms with Gasteiger partial charge in [0.2, 0.25) is 5.91 Å². The summed E-state index contributed by atoms with van der Waals surface area (Å²) in [6.45, 7) is 0.461. The minimum absolute atomic E-state index is 0.0855. The van der Waals surface area contributed by atoms with Crippen molar-refractivity contribution in [2.24, 2.45) is 0 Å². The summed E-state index contributed by atoms with van der Waals surface area (Å²) in [4.78, 5) is 34.9. The van der Waals surface area contributed by atoms with Crippen molar-refractivity contribution in [3.05, 3.63) is 70.5 Å². The van der Waals surface area contributed by atoms with Gasteiger partial charge in [-0.1, -0.05) is 12.1 Å². The lowest BCUT2D eigenvalue weighted by atomic mass is 10.2. The summed E-state index contributed by atoms with van der Waals surface area (Å²) in [5, 5.41) is 3.39. The van der Waals surface area contributed by atoms with Crippen LogP contribution in [0.2, 0.25) is 0 Å². The first-order valence-electron chi connectivity index (χ1n) is 7.36. The van der Waals surface area contributed by atoms with Crippen LogP contribution in [0, 0.1) is 0 Å². The van der Waals surface area contributed by atoms with Gasteiger partial charge in [-0.15, -0.1) is 0 Å². The van der Waals surface area contributed by atoms with E-state index in [1.165, 1.54) is 0 Å². The van der Waals surface area contributed by atoms with Gasteiger partial charge < -0.3 is 10.3 Å². The first-order valence-corrected chi connectivity index (χ1v) is 7.36. The number of carbonyl (C=O) groups is 1. The molecule has 0 aliphatic rings. The van der Waals surface area contributed by atoms with Crippen LogP contribution in [0.1, 0.15) is 17.8 Å². The average molecular weight is 308 g/mol. The maximum atomic E-state index is 12.0. The topological polar surface area (TPSA) is 87.7 Å². The molecule has 0 unspecified atom stereocenters. The quantitative estimate of drug-likeness (QED) is 0.749. The molecule has 0 atom stereocenters.